The predicted molar refractivity (Wildman–Crippen MR) is 67.6 cm³/mol. The van der Waals surface area contributed by atoms with Gasteiger partial charge in [0.15, 0.2) is 0 Å². The van der Waals surface area contributed by atoms with Crippen molar-refractivity contribution in [2.45, 2.75) is 13.5 Å². The van der Waals surface area contributed by atoms with E-state index in [1.807, 2.05) is 19.2 Å². The Hall–Kier alpha value is -1.88. The third-order valence-corrected chi connectivity index (χ3v) is 3.17. The molecule has 1 heterocycles. The highest BCUT2D eigenvalue weighted by Gasteiger charge is 2.08. The number of anilines is 1. The van der Waals surface area contributed by atoms with Crippen LogP contribution in [-0.4, -0.2) is 16.1 Å². The van der Waals surface area contributed by atoms with Gasteiger partial charge in [-0.25, -0.2) is 9.78 Å². The molecule has 0 fully saturated rings. The van der Waals surface area contributed by atoms with E-state index in [0.29, 0.717) is 12.2 Å². The lowest BCUT2D eigenvalue weighted by Gasteiger charge is -2.07. The van der Waals surface area contributed by atoms with E-state index in [2.05, 4.69) is 10.3 Å². The number of aromatic carboxylic acids is 1. The van der Waals surface area contributed by atoms with Gasteiger partial charge in [-0.15, -0.1) is 11.3 Å². The number of nitrogens with one attached hydrogen (secondary N) is 1. The van der Waals surface area contributed by atoms with E-state index < -0.39 is 5.97 Å². The molecule has 0 aliphatic heterocycles. The molecular weight excluding hydrogens is 236 g/mol. The molecule has 5 heteroatoms. The number of carbonyl (C=O) groups is 1. The number of hydrogen-bond donors (Lipinski definition) is 2. The molecule has 0 saturated carbocycles. The number of rotatable bonds is 4. The van der Waals surface area contributed by atoms with Crippen molar-refractivity contribution in [3.63, 3.8) is 0 Å². The fourth-order valence-electron chi connectivity index (χ4n) is 1.48. The third kappa shape index (κ3) is 2.82. The third-order valence-electron chi connectivity index (χ3n) is 2.26. The van der Waals surface area contributed by atoms with Crippen molar-refractivity contribution in [2.24, 2.45) is 0 Å². The van der Waals surface area contributed by atoms with E-state index in [1.165, 1.54) is 0 Å². The quantitative estimate of drug-likeness (QED) is 0.873. The SMILES string of the molecule is Cc1cnc(CNc2ccccc2C(=O)O)s1. The summed E-state index contributed by atoms with van der Waals surface area (Å²) in [5.74, 6) is -0.927. The van der Waals surface area contributed by atoms with Crippen LogP contribution < -0.4 is 5.32 Å². The number of carboxylic acids is 1. The summed E-state index contributed by atoms with van der Waals surface area (Å²) in [5.41, 5.74) is 0.897. The fraction of sp³-hybridized carbons (Fsp3) is 0.167. The van der Waals surface area contributed by atoms with Gasteiger partial charge >= 0.3 is 5.97 Å². The first-order valence-electron chi connectivity index (χ1n) is 5.14. The summed E-state index contributed by atoms with van der Waals surface area (Å²) in [6, 6.07) is 6.85. The first kappa shape index (κ1) is 11.6. The normalized spacial score (nSPS) is 10.2. The number of aryl methyl sites for hydroxylation is 1. The molecule has 0 spiro atoms. The Morgan fingerprint density at radius 1 is 1.47 bits per heavy atom. The standard InChI is InChI=1S/C12H12N2O2S/c1-8-6-14-11(17-8)7-13-10-5-3-2-4-9(10)12(15)16/h2-6,13H,7H2,1H3,(H,15,16). The van der Waals surface area contributed by atoms with Gasteiger partial charge in [-0.2, -0.15) is 0 Å². The molecule has 88 valence electrons. The van der Waals surface area contributed by atoms with Crippen LogP contribution >= 0.6 is 11.3 Å². The van der Waals surface area contributed by atoms with E-state index in [9.17, 15) is 4.79 Å². The molecule has 4 nitrogen and oxygen atoms in total. The van der Waals surface area contributed by atoms with Crippen molar-refractivity contribution in [1.29, 1.82) is 0 Å². The first-order chi connectivity index (χ1) is 8.16. The lowest BCUT2D eigenvalue weighted by molar-refractivity contribution is 0.0698. The van der Waals surface area contributed by atoms with Crippen molar-refractivity contribution in [1.82, 2.24) is 4.98 Å². The predicted octanol–water partition coefficient (Wildman–Crippen LogP) is 2.76. The lowest BCUT2D eigenvalue weighted by Crippen LogP contribution is -2.05. The largest absolute Gasteiger partial charge is 0.478 e. The van der Waals surface area contributed by atoms with Crippen LogP contribution in [-0.2, 0) is 6.54 Å². The summed E-state index contributed by atoms with van der Waals surface area (Å²) in [6.45, 7) is 2.54. The number of nitrogens with zero attached hydrogens (tertiary/aromatic N) is 1. The van der Waals surface area contributed by atoms with Crippen molar-refractivity contribution in [3.05, 3.63) is 45.9 Å². The molecule has 1 aromatic carbocycles. The molecule has 0 amide bonds. The zero-order chi connectivity index (χ0) is 12.3. The molecule has 0 radical (unpaired) electrons. The second kappa shape index (κ2) is 4.97. The zero-order valence-corrected chi connectivity index (χ0v) is 10.1. The van der Waals surface area contributed by atoms with E-state index in [4.69, 9.17) is 5.11 Å². The highest BCUT2D eigenvalue weighted by molar-refractivity contribution is 7.11. The van der Waals surface area contributed by atoms with Crippen LogP contribution in [0.3, 0.4) is 0 Å². The van der Waals surface area contributed by atoms with Crippen LogP contribution in [0.15, 0.2) is 30.5 Å². The fourth-order valence-corrected chi connectivity index (χ4v) is 2.20. The van der Waals surface area contributed by atoms with Crippen LogP contribution in [0.5, 0.6) is 0 Å². The molecule has 0 atom stereocenters. The smallest absolute Gasteiger partial charge is 0.337 e. The molecule has 0 bridgehead atoms. The number of carboxylic acid groups (broad SMARTS) is 1. The molecule has 0 unspecified atom stereocenters. The Kier molecular flexibility index (Phi) is 3.39. The van der Waals surface area contributed by atoms with Gasteiger partial charge in [-0.05, 0) is 19.1 Å². The van der Waals surface area contributed by atoms with Gasteiger partial charge in [0.2, 0.25) is 0 Å². The van der Waals surface area contributed by atoms with E-state index in [0.717, 1.165) is 9.88 Å². The molecule has 2 rings (SSSR count). The minimum Gasteiger partial charge on any atom is -0.478 e. The minimum absolute atomic E-state index is 0.278. The van der Waals surface area contributed by atoms with Crippen molar-refractivity contribution < 1.29 is 9.90 Å². The highest BCUT2D eigenvalue weighted by atomic mass is 32.1. The molecule has 0 saturated heterocycles. The van der Waals surface area contributed by atoms with E-state index >= 15 is 0 Å². The van der Waals surface area contributed by atoms with Gasteiger partial charge in [-0.1, -0.05) is 12.1 Å². The summed E-state index contributed by atoms with van der Waals surface area (Å²) in [7, 11) is 0. The average Bonchev–Trinajstić information content (AvgIpc) is 2.73. The number of hydrogen-bond acceptors (Lipinski definition) is 4. The summed E-state index contributed by atoms with van der Waals surface area (Å²) < 4.78 is 0. The van der Waals surface area contributed by atoms with Gasteiger partial charge < -0.3 is 10.4 Å². The Morgan fingerprint density at radius 3 is 2.88 bits per heavy atom. The van der Waals surface area contributed by atoms with E-state index in [1.54, 1.807) is 29.5 Å². The second-order valence-electron chi connectivity index (χ2n) is 3.57. The highest BCUT2D eigenvalue weighted by Crippen LogP contribution is 2.17. The maximum Gasteiger partial charge on any atom is 0.337 e. The number of aromatic nitrogens is 1. The molecule has 0 aliphatic rings. The van der Waals surface area contributed by atoms with Crippen LogP contribution in [0.1, 0.15) is 20.2 Å². The molecule has 2 aromatic rings. The summed E-state index contributed by atoms with van der Waals surface area (Å²) in [4.78, 5) is 16.3. The monoisotopic (exact) mass is 248 g/mol. The van der Waals surface area contributed by atoms with Gasteiger partial charge in [-0.3, -0.25) is 0 Å². The summed E-state index contributed by atoms with van der Waals surface area (Å²) in [6.07, 6.45) is 1.81. The first-order valence-corrected chi connectivity index (χ1v) is 5.96. The number of para-hydroxylation sites is 1. The minimum atomic E-state index is -0.927. The Labute approximate surface area is 103 Å². The van der Waals surface area contributed by atoms with Gasteiger partial charge in [0.25, 0.3) is 0 Å². The summed E-state index contributed by atoms with van der Waals surface area (Å²) >= 11 is 1.60. The van der Waals surface area contributed by atoms with Crippen LogP contribution in [0.25, 0.3) is 0 Å². The van der Waals surface area contributed by atoms with Crippen LogP contribution in [0.2, 0.25) is 0 Å². The van der Waals surface area contributed by atoms with Crippen molar-refractivity contribution in [2.75, 3.05) is 5.32 Å². The van der Waals surface area contributed by atoms with Crippen LogP contribution in [0, 0.1) is 6.92 Å². The topological polar surface area (TPSA) is 62.2 Å². The average molecular weight is 248 g/mol. The maximum absolute atomic E-state index is 11.0. The van der Waals surface area contributed by atoms with Gasteiger partial charge in [0, 0.05) is 16.8 Å². The molecular formula is C12H12N2O2S. The van der Waals surface area contributed by atoms with Gasteiger partial charge in [0.05, 0.1) is 12.1 Å². The summed E-state index contributed by atoms with van der Waals surface area (Å²) in [5, 5.41) is 13.1. The van der Waals surface area contributed by atoms with Gasteiger partial charge in [0.1, 0.15) is 5.01 Å². The second-order valence-corrected chi connectivity index (χ2v) is 4.89. The lowest BCUT2D eigenvalue weighted by atomic mass is 10.2. The molecule has 2 N–H and O–H groups in total. The zero-order valence-electron chi connectivity index (χ0n) is 9.30. The Balaban J connectivity index is 2.11. The van der Waals surface area contributed by atoms with E-state index in [-0.39, 0.29) is 5.56 Å². The molecule has 0 aliphatic carbocycles. The Morgan fingerprint density at radius 2 is 2.24 bits per heavy atom. The maximum atomic E-state index is 11.0. The van der Waals surface area contributed by atoms with Crippen molar-refractivity contribution >= 4 is 23.0 Å². The van der Waals surface area contributed by atoms with Crippen LogP contribution in [0.4, 0.5) is 5.69 Å². The molecule has 17 heavy (non-hydrogen) atoms. The van der Waals surface area contributed by atoms with Crippen molar-refractivity contribution in [3.8, 4) is 0 Å². The number of thiazole rings is 1. The Bertz CT molecular complexity index is 537. The molecule has 1 aromatic heterocycles. The number of benzene rings is 1.